The molecule has 2 aromatic rings. The highest BCUT2D eigenvalue weighted by Gasteiger charge is 2.21. The molecule has 0 fully saturated rings. The van der Waals surface area contributed by atoms with Crippen LogP contribution in [0, 0.1) is 0 Å². The summed E-state index contributed by atoms with van der Waals surface area (Å²) >= 11 is 0. The summed E-state index contributed by atoms with van der Waals surface area (Å²) in [6, 6.07) is 5.21. The molecule has 0 aliphatic rings. The number of aliphatic carboxylic acids is 1. The van der Waals surface area contributed by atoms with Crippen LogP contribution in [0.25, 0.3) is 10.9 Å². The number of nitrogens with one attached hydrogen (secondary N) is 1. The van der Waals surface area contributed by atoms with Crippen LogP contribution < -0.4 is 0 Å². The Morgan fingerprint density at radius 1 is 1.30 bits per heavy atom. The minimum Gasteiger partial charge on any atom is -0.481 e. The quantitative estimate of drug-likeness (QED) is 0.490. The number of esters is 1. The van der Waals surface area contributed by atoms with Crippen LogP contribution in [0.15, 0.2) is 24.4 Å². The van der Waals surface area contributed by atoms with Crippen LogP contribution in [0.1, 0.15) is 22.3 Å². The maximum absolute atomic E-state index is 11.8. The molecule has 0 aliphatic carbocycles. The van der Waals surface area contributed by atoms with Crippen LogP contribution in [0.5, 0.6) is 0 Å². The van der Waals surface area contributed by atoms with Crippen LogP contribution in [0.3, 0.4) is 0 Å². The molecule has 0 atom stereocenters. The Bertz CT molecular complexity index is 686. The maximum atomic E-state index is 11.8. The van der Waals surface area contributed by atoms with Gasteiger partial charge in [0.15, 0.2) is 0 Å². The zero-order chi connectivity index (χ0) is 14.7. The third kappa shape index (κ3) is 2.54. The molecule has 2 rings (SSSR count). The maximum Gasteiger partial charge on any atom is 0.379 e. The molecule has 1 heterocycles. The van der Waals surface area contributed by atoms with Gasteiger partial charge in [-0.05, 0) is 12.0 Å². The lowest BCUT2D eigenvalue weighted by atomic mass is 10.0. The van der Waals surface area contributed by atoms with Crippen molar-refractivity contribution >= 4 is 28.6 Å². The van der Waals surface area contributed by atoms with Crippen molar-refractivity contribution in [2.45, 2.75) is 12.8 Å². The van der Waals surface area contributed by atoms with Crippen molar-refractivity contribution in [3.8, 4) is 0 Å². The number of ether oxygens (including phenoxy) is 1. The molecule has 0 saturated heterocycles. The molecule has 0 aliphatic heterocycles. The number of Topliss-reactive ketones (excluding diaryl/α,β-unsaturated/α-hetero) is 1. The van der Waals surface area contributed by atoms with Gasteiger partial charge >= 0.3 is 11.9 Å². The Kier molecular flexibility index (Phi) is 3.84. The van der Waals surface area contributed by atoms with Gasteiger partial charge in [0.25, 0.3) is 5.78 Å². The molecular formula is C14H13NO5. The van der Waals surface area contributed by atoms with E-state index in [4.69, 9.17) is 5.11 Å². The highest BCUT2D eigenvalue weighted by atomic mass is 16.5. The van der Waals surface area contributed by atoms with Gasteiger partial charge in [0, 0.05) is 23.5 Å². The van der Waals surface area contributed by atoms with Gasteiger partial charge < -0.3 is 14.8 Å². The predicted molar refractivity (Wildman–Crippen MR) is 70.6 cm³/mol. The van der Waals surface area contributed by atoms with Gasteiger partial charge in [-0.2, -0.15) is 0 Å². The van der Waals surface area contributed by atoms with Gasteiger partial charge in [-0.15, -0.1) is 0 Å². The van der Waals surface area contributed by atoms with E-state index in [1.165, 1.54) is 6.20 Å². The van der Waals surface area contributed by atoms with Crippen LogP contribution >= 0.6 is 0 Å². The van der Waals surface area contributed by atoms with Crippen molar-refractivity contribution in [2.24, 2.45) is 0 Å². The lowest BCUT2D eigenvalue weighted by Crippen LogP contribution is -2.15. The van der Waals surface area contributed by atoms with Crippen LogP contribution in [0.4, 0.5) is 0 Å². The first kappa shape index (κ1) is 13.8. The summed E-state index contributed by atoms with van der Waals surface area (Å²) in [7, 11) is 1.15. The van der Waals surface area contributed by atoms with Gasteiger partial charge in [0.2, 0.25) is 0 Å². The predicted octanol–water partition coefficient (Wildman–Crippen LogP) is 1.54. The number of para-hydroxylation sites is 1. The summed E-state index contributed by atoms with van der Waals surface area (Å²) in [5.41, 5.74) is 1.68. The Morgan fingerprint density at radius 3 is 2.70 bits per heavy atom. The topological polar surface area (TPSA) is 96.5 Å². The largest absolute Gasteiger partial charge is 0.481 e. The van der Waals surface area contributed by atoms with E-state index in [0.717, 1.165) is 12.7 Å². The van der Waals surface area contributed by atoms with E-state index in [2.05, 4.69) is 9.72 Å². The Morgan fingerprint density at radius 2 is 2.05 bits per heavy atom. The number of hydrogen-bond acceptors (Lipinski definition) is 4. The van der Waals surface area contributed by atoms with Crippen molar-refractivity contribution in [1.29, 1.82) is 0 Å². The van der Waals surface area contributed by atoms with Crippen LogP contribution in [-0.4, -0.2) is 34.9 Å². The number of aromatic nitrogens is 1. The number of carboxylic acid groups (broad SMARTS) is 1. The Balaban J connectivity index is 2.41. The van der Waals surface area contributed by atoms with Crippen molar-refractivity contribution in [2.75, 3.05) is 7.11 Å². The van der Waals surface area contributed by atoms with Gasteiger partial charge in [0.1, 0.15) is 0 Å². The number of methoxy groups -OCH3 is 1. The number of carbonyl (C=O) groups is 3. The minimum atomic E-state index is -0.929. The van der Waals surface area contributed by atoms with E-state index < -0.39 is 17.7 Å². The summed E-state index contributed by atoms with van der Waals surface area (Å²) in [6.45, 7) is 0. The number of carboxylic acids is 1. The van der Waals surface area contributed by atoms with Gasteiger partial charge in [-0.1, -0.05) is 18.2 Å². The summed E-state index contributed by atoms with van der Waals surface area (Å²) in [4.78, 5) is 36.7. The molecule has 6 nitrogen and oxygen atoms in total. The van der Waals surface area contributed by atoms with Crippen molar-refractivity contribution < 1.29 is 24.2 Å². The van der Waals surface area contributed by atoms with Gasteiger partial charge in [-0.3, -0.25) is 9.59 Å². The number of H-pyrrole nitrogens is 1. The number of hydrogen-bond donors (Lipinski definition) is 2. The van der Waals surface area contributed by atoms with E-state index in [0.29, 0.717) is 17.3 Å². The molecule has 6 heteroatoms. The molecule has 2 N–H and O–H groups in total. The van der Waals surface area contributed by atoms with E-state index in [9.17, 15) is 14.4 Å². The fraction of sp³-hybridized carbons (Fsp3) is 0.214. The lowest BCUT2D eigenvalue weighted by molar-refractivity contribution is -0.137. The third-order valence-corrected chi connectivity index (χ3v) is 3.03. The smallest absolute Gasteiger partial charge is 0.379 e. The summed E-state index contributed by atoms with van der Waals surface area (Å²) in [5, 5.41) is 9.31. The summed E-state index contributed by atoms with van der Waals surface area (Å²) in [5.74, 6) is -2.55. The summed E-state index contributed by atoms with van der Waals surface area (Å²) in [6.07, 6.45) is 1.78. The monoisotopic (exact) mass is 275 g/mol. The zero-order valence-electron chi connectivity index (χ0n) is 10.8. The van der Waals surface area contributed by atoms with Crippen molar-refractivity contribution in [3.05, 3.63) is 35.5 Å². The molecule has 0 bridgehead atoms. The first-order chi connectivity index (χ1) is 9.54. The molecule has 1 aromatic carbocycles. The number of rotatable bonds is 5. The van der Waals surface area contributed by atoms with Gasteiger partial charge in [-0.25, -0.2) is 4.79 Å². The second-order valence-electron chi connectivity index (χ2n) is 4.26. The molecular weight excluding hydrogens is 262 g/mol. The fourth-order valence-electron chi connectivity index (χ4n) is 2.06. The molecule has 104 valence electrons. The molecule has 1 aromatic heterocycles. The number of ketones is 1. The van der Waals surface area contributed by atoms with Crippen molar-refractivity contribution in [3.63, 3.8) is 0 Å². The van der Waals surface area contributed by atoms with Crippen molar-refractivity contribution in [1.82, 2.24) is 4.98 Å². The normalized spacial score (nSPS) is 10.4. The SMILES string of the molecule is COC(=O)C(=O)c1c[nH]c2c(CCC(=O)O)cccc12. The number of aryl methyl sites for hydroxylation is 1. The molecule has 0 spiro atoms. The molecule has 0 radical (unpaired) electrons. The highest BCUT2D eigenvalue weighted by Crippen LogP contribution is 2.23. The Labute approximate surface area is 114 Å². The van der Waals surface area contributed by atoms with Crippen LogP contribution in [0.2, 0.25) is 0 Å². The number of aromatic amines is 1. The first-order valence-electron chi connectivity index (χ1n) is 5.98. The second-order valence-corrected chi connectivity index (χ2v) is 4.26. The first-order valence-corrected chi connectivity index (χ1v) is 5.98. The van der Waals surface area contributed by atoms with Gasteiger partial charge in [0.05, 0.1) is 12.7 Å². The zero-order valence-corrected chi connectivity index (χ0v) is 10.8. The average Bonchev–Trinajstić information content (AvgIpc) is 2.87. The molecule has 0 unspecified atom stereocenters. The molecule has 0 amide bonds. The molecule has 20 heavy (non-hydrogen) atoms. The van der Waals surface area contributed by atoms with Crippen LogP contribution in [-0.2, 0) is 20.7 Å². The average molecular weight is 275 g/mol. The van der Waals surface area contributed by atoms with E-state index >= 15 is 0 Å². The van der Waals surface area contributed by atoms with E-state index in [1.54, 1.807) is 18.2 Å². The fourth-order valence-corrected chi connectivity index (χ4v) is 2.06. The second kappa shape index (κ2) is 5.56. The Hall–Kier alpha value is -2.63. The highest BCUT2D eigenvalue weighted by molar-refractivity contribution is 6.43. The standard InChI is InChI=1S/C14H13NO5/c1-20-14(19)13(18)10-7-15-12-8(5-6-11(16)17)3-2-4-9(10)12/h2-4,7,15H,5-6H2,1H3,(H,16,17). The van der Waals surface area contributed by atoms with E-state index in [1.807, 2.05) is 0 Å². The number of carbonyl (C=O) groups excluding carboxylic acids is 2. The summed E-state index contributed by atoms with van der Waals surface area (Å²) < 4.78 is 4.41. The number of fused-ring (bicyclic) bond motifs is 1. The van der Waals surface area contributed by atoms with E-state index in [-0.39, 0.29) is 12.0 Å². The number of benzene rings is 1. The third-order valence-electron chi connectivity index (χ3n) is 3.03. The molecule has 0 saturated carbocycles. The minimum absolute atomic E-state index is 0.00157. The lowest BCUT2D eigenvalue weighted by Gasteiger charge is -2.02.